The molecule has 0 aromatic heterocycles. The zero-order valence-electron chi connectivity index (χ0n) is 21.3. The van der Waals surface area contributed by atoms with Gasteiger partial charge in [0.25, 0.3) is 0 Å². The molecule has 0 aliphatic heterocycles. The van der Waals surface area contributed by atoms with E-state index in [2.05, 4.69) is 12.1 Å². The topological polar surface area (TPSA) is 87.1 Å². The van der Waals surface area contributed by atoms with Gasteiger partial charge in [0.1, 0.15) is 5.60 Å². The van der Waals surface area contributed by atoms with Crippen LogP contribution < -0.4 is 0 Å². The van der Waals surface area contributed by atoms with Crippen molar-refractivity contribution in [1.29, 1.82) is 0 Å². The normalized spacial score (nSPS) is 16.0. The molecular weight excluding hydrogens is 490 g/mol. The molecule has 0 saturated carbocycles. The third kappa shape index (κ3) is 6.70. The molecule has 2 atom stereocenters. The molecule has 0 saturated heterocycles. The number of carboxylic acids is 1. The average Bonchev–Trinajstić information content (AvgIpc) is 2.85. The molecule has 1 aliphatic rings. The summed E-state index contributed by atoms with van der Waals surface area (Å²) in [6, 6.07) is 19.9. The van der Waals surface area contributed by atoms with Gasteiger partial charge in [-0.1, -0.05) is 54.1 Å². The minimum atomic E-state index is -0.967. The van der Waals surface area contributed by atoms with Crippen LogP contribution >= 0.6 is 11.6 Å². The number of rotatable bonds is 6. The molecule has 0 bridgehead atoms. The number of aryl methyl sites for hydroxylation is 1. The number of ether oxygens (including phenoxy) is 1. The van der Waals surface area contributed by atoms with Crippen LogP contribution in [0.1, 0.15) is 60.3 Å². The van der Waals surface area contributed by atoms with E-state index in [1.165, 1.54) is 5.56 Å². The molecule has 37 heavy (non-hydrogen) atoms. The molecule has 0 unspecified atom stereocenters. The van der Waals surface area contributed by atoms with E-state index in [4.69, 9.17) is 16.3 Å². The van der Waals surface area contributed by atoms with Gasteiger partial charge in [0.2, 0.25) is 0 Å². The maximum absolute atomic E-state index is 13.3. The Kier molecular flexibility index (Phi) is 7.90. The van der Waals surface area contributed by atoms with Crippen molar-refractivity contribution in [3.63, 3.8) is 0 Å². The Morgan fingerprint density at radius 2 is 1.76 bits per heavy atom. The van der Waals surface area contributed by atoms with E-state index in [1.807, 2.05) is 32.9 Å². The molecule has 0 spiro atoms. The number of aliphatic hydroxyl groups is 1. The molecule has 1 aliphatic carbocycles. The van der Waals surface area contributed by atoms with E-state index in [0.29, 0.717) is 17.0 Å². The molecule has 6 nitrogen and oxygen atoms in total. The predicted octanol–water partition coefficient (Wildman–Crippen LogP) is 6.53. The number of hydrogen-bond donors (Lipinski definition) is 2. The first-order valence-corrected chi connectivity index (χ1v) is 12.8. The van der Waals surface area contributed by atoms with Crippen molar-refractivity contribution >= 4 is 23.7 Å². The van der Waals surface area contributed by atoms with Gasteiger partial charge in [-0.05, 0) is 92.1 Å². The monoisotopic (exact) mass is 521 g/mol. The Morgan fingerprint density at radius 1 is 1.03 bits per heavy atom. The molecular formula is C30H32ClNO5. The lowest BCUT2D eigenvalue weighted by molar-refractivity contribution is 0.00195. The van der Waals surface area contributed by atoms with Crippen LogP contribution in [0.3, 0.4) is 0 Å². The van der Waals surface area contributed by atoms with Crippen molar-refractivity contribution in [2.45, 2.75) is 57.8 Å². The van der Waals surface area contributed by atoms with Gasteiger partial charge in [-0.15, -0.1) is 0 Å². The summed E-state index contributed by atoms with van der Waals surface area (Å²) in [6.45, 7) is 5.55. The van der Waals surface area contributed by atoms with Gasteiger partial charge in [-0.3, -0.25) is 0 Å². The van der Waals surface area contributed by atoms with Gasteiger partial charge in [-0.2, -0.15) is 0 Å². The molecule has 4 rings (SSSR count). The van der Waals surface area contributed by atoms with Gasteiger partial charge in [0, 0.05) is 11.1 Å². The van der Waals surface area contributed by atoms with Gasteiger partial charge in [0.05, 0.1) is 18.2 Å². The number of hydrogen-bond acceptors (Lipinski definition) is 4. The Bertz CT molecular complexity index is 1300. The minimum Gasteiger partial charge on any atom is -0.478 e. The van der Waals surface area contributed by atoms with E-state index in [9.17, 15) is 19.8 Å². The van der Waals surface area contributed by atoms with Crippen molar-refractivity contribution in [3.8, 4) is 11.1 Å². The summed E-state index contributed by atoms with van der Waals surface area (Å²) in [5.41, 5.74) is 4.24. The Hall–Kier alpha value is -3.35. The van der Waals surface area contributed by atoms with Crippen molar-refractivity contribution in [2.75, 3.05) is 6.54 Å². The fourth-order valence-corrected chi connectivity index (χ4v) is 4.91. The van der Waals surface area contributed by atoms with Crippen molar-refractivity contribution in [2.24, 2.45) is 0 Å². The number of benzene rings is 3. The summed E-state index contributed by atoms with van der Waals surface area (Å²) >= 11 is 6.12. The number of aliphatic hydroxyl groups excluding tert-OH is 1. The van der Waals surface area contributed by atoms with E-state index < -0.39 is 23.8 Å². The molecule has 1 amide bonds. The van der Waals surface area contributed by atoms with Gasteiger partial charge < -0.3 is 19.8 Å². The van der Waals surface area contributed by atoms with Crippen LogP contribution in [0.25, 0.3) is 11.1 Å². The first-order chi connectivity index (χ1) is 17.5. The second-order valence-corrected chi connectivity index (χ2v) is 10.9. The second kappa shape index (κ2) is 11.0. The number of amides is 1. The Balaban J connectivity index is 1.61. The fourth-order valence-electron chi connectivity index (χ4n) is 4.71. The highest BCUT2D eigenvalue weighted by molar-refractivity contribution is 6.30. The number of carboxylic acid groups (broad SMARTS) is 1. The van der Waals surface area contributed by atoms with Gasteiger partial charge in [-0.25, -0.2) is 9.59 Å². The third-order valence-electron chi connectivity index (χ3n) is 6.52. The van der Waals surface area contributed by atoms with E-state index in [0.717, 1.165) is 29.5 Å². The number of carbonyl (C=O) groups is 2. The molecule has 0 radical (unpaired) electrons. The summed E-state index contributed by atoms with van der Waals surface area (Å²) in [5, 5.41) is 20.9. The Morgan fingerprint density at radius 3 is 2.46 bits per heavy atom. The zero-order chi connectivity index (χ0) is 26.7. The highest BCUT2D eigenvalue weighted by atomic mass is 35.5. The van der Waals surface area contributed by atoms with E-state index in [-0.39, 0.29) is 18.2 Å². The summed E-state index contributed by atoms with van der Waals surface area (Å²) in [6.07, 6.45) is 0.734. The van der Waals surface area contributed by atoms with E-state index >= 15 is 0 Å². The molecule has 0 fully saturated rings. The minimum absolute atomic E-state index is 0.0790. The molecule has 7 heteroatoms. The zero-order valence-corrected chi connectivity index (χ0v) is 22.0. The van der Waals surface area contributed by atoms with Crippen LogP contribution in [0.2, 0.25) is 5.02 Å². The average molecular weight is 522 g/mol. The van der Waals surface area contributed by atoms with E-state index in [1.54, 1.807) is 47.4 Å². The van der Waals surface area contributed by atoms with Gasteiger partial charge in [0.15, 0.2) is 0 Å². The smallest absolute Gasteiger partial charge is 0.410 e. The first kappa shape index (κ1) is 26.7. The molecule has 3 aromatic rings. The van der Waals surface area contributed by atoms with Crippen LogP contribution in [0.4, 0.5) is 4.79 Å². The summed E-state index contributed by atoms with van der Waals surface area (Å²) < 4.78 is 5.72. The molecule has 3 aromatic carbocycles. The lowest BCUT2D eigenvalue weighted by Gasteiger charge is -2.37. The van der Waals surface area contributed by atoms with Crippen LogP contribution in [-0.4, -0.2) is 45.4 Å². The number of aromatic carboxylic acids is 1. The summed E-state index contributed by atoms with van der Waals surface area (Å²) in [7, 11) is 0. The molecule has 0 heterocycles. The second-order valence-electron chi connectivity index (χ2n) is 10.5. The maximum Gasteiger partial charge on any atom is 0.410 e. The Labute approximate surface area is 222 Å². The molecule has 194 valence electrons. The largest absolute Gasteiger partial charge is 0.478 e. The summed E-state index contributed by atoms with van der Waals surface area (Å²) in [4.78, 5) is 26.4. The van der Waals surface area contributed by atoms with Crippen LogP contribution in [0.15, 0.2) is 66.7 Å². The van der Waals surface area contributed by atoms with Crippen molar-refractivity contribution in [3.05, 3.63) is 94.0 Å². The lowest BCUT2D eigenvalue weighted by atomic mass is 9.85. The lowest BCUT2D eigenvalue weighted by Crippen LogP contribution is -2.47. The maximum atomic E-state index is 13.3. The highest BCUT2D eigenvalue weighted by Gasteiger charge is 2.33. The standard InChI is InChI=1S/C30H32ClNO5/c1-30(2,3)37-29(36)32(18-27(33)22-7-5-9-25(31)16-22)26-13-12-19-10-11-21(15-24(19)17-26)20-6-4-8-23(14-20)28(34)35/h4-11,14-16,26-27,33H,12-13,17-18H2,1-3H3,(H,34,35)/t26-,27+/m0/s1. The number of fused-ring (bicyclic) bond motifs is 1. The first-order valence-electron chi connectivity index (χ1n) is 12.4. The van der Waals surface area contributed by atoms with Crippen LogP contribution in [-0.2, 0) is 17.6 Å². The van der Waals surface area contributed by atoms with Crippen LogP contribution in [0.5, 0.6) is 0 Å². The third-order valence-corrected chi connectivity index (χ3v) is 6.76. The number of nitrogens with zero attached hydrogens (tertiary/aromatic N) is 1. The van der Waals surface area contributed by atoms with Crippen molar-refractivity contribution in [1.82, 2.24) is 4.90 Å². The fraction of sp³-hybridized carbons (Fsp3) is 0.333. The number of halogens is 1. The molecule has 2 N–H and O–H groups in total. The summed E-state index contributed by atoms with van der Waals surface area (Å²) in [5.74, 6) is -0.967. The highest BCUT2D eigenvalue weighted by Crippen LogP contribution is 2.31. The van der Waals surface area contributed by atoms with Gasteiger partial charge >= 0.3 is 12.1 Å². The van der Waals surface area contributed by atoms with Crippen LogP contribution in [0, 0.1) is 0 Å². The quantitative estimate of drug-likeness (QED) is 0.385. The SMILES string of the molecule is CC(C)(C)OC(=O)N(C[C@@H](O)c1cccc(Cl)c1)[C@H]1CCc2ccc(-c3cccc(C(=O)O)c3)cc2C1. The number of carbonyl (C=O) groups excluding carboxylic acids is 1. The van der Waals surface area contributed by atoms with Crippen molar-refractivity contribution < 1.29 is 24.5 Å². The predicted molar refractivity (Wildman–Crippen MR) is 144 cm³/mol.